The summed E-state index contributed by atoms with van der Waals surface area (Å²) in [5.74, 6) is 0.988. The van der Waals surface area contributed by atoms with Gasteiger partial charge in [-0.15, -0.1) is 0 Å². The predicted octanol–water partition coefficient (Wildman–Crippen LogP) is 2.54. The summed E-state index contributed by atoms with van der Waals surface area (Å²) in [7, 11) is 4.30. The molecule has 24 heavy (non-hydrogen) atoms. The highest BCUT2D eigenvalue weighted by Gasteiger charge is 2.09. The van der Waals surface area contributed by atoms with Gasteiger partial charge in [-0.2, -0.15) is 0 Å². The molecule has 0 amide bonds. The van der Waals surface area contributed by atoms with Crippen LogP contribution in [0, 0.1) is 0 Å². The summed E-state index contributed by atoms with van der Waals surface area (Å²) in [6.07, 6.45) is 10.6. The van der Waals surface area contributed by atoms with Crippen LogP contribution in [0.2, 0.25) is 0 Å². The first-order valence-electron chi connectivity index (χ1n) is 10.1. The fourth-order valence-electron chi connectivity index (χ4n) is 3.12. The maximum absolute atomic E-state index is 4.71. The van der Waals surface area contributed by atoms with E-state index in [1.807, 2.05) is 0 Å². The number of hydrogen-bond acceptors (Lipinski definition) is 3. The molecule has 1 aliphatic heterocycles. The topological polar surface area (TPSA) is 42.9 Å². The van der Waals surface area contributed by atoms with Crippen LogP contribution in [-0.4, -0.2) is 75.7 Å². The third kappa shape index (κ3) is 11.7. The molecule has 1 rings (SSSR count). The lowest BCUT2D eigenvalue weighted by atomic mass is 10.1. The van der Waals surface area contributed by atoms with Crippen molar-refractivity contribution in [2.24, 2.45) is 4.99 Å². The first kappa shape index (κ1) is 21.2. The molecule has 0 aromatic rings. The van der Waals surface area contributed by atoms with E-state index in [0.29, 0.717) is 0 Å². The number of unbranched alkanes of at least 4 members (excludes halogenated alkanes) is 4. The molecule has 0 unspecified atom stereocenters. The van der Waals surface area contributed by atoms with Crippen LogP contribution >= 0.6 is 0 Å². The molecule has 5 nitrogen and oxygen atoms in total. The maximum Gasteiger partial charge on any atom is 0.191 e. The highest BCUT2D eigenvalue weighted by atomic mass is 15.2. The zero-order chi connectivity index (χ0) is 17.5. The Bertz CT molecular complexity index is 311. The number of likely N-dealkylation sites (tertiary alicyclic amines) is 1. The molecule has 0 aromatic carbocycles. The van der Waals surface area contributed by atoms with Crippen molar-refractivity contribution in [2.75, 3.05) is 59.9 Å². The largest absolute Gasteiger partial charge is 0.357 e. The normalized spacial score (nSPS) is 16.6. The average Bonchev–Trinajstić information content (AvgIpc) is 2.58. The van der Waals surface area contributed by atoms with Gasteiger partial charge < -0.3 is 20.4 Å². The van der Waals surface area contributed by atoms with E-state index >= 15 is 0 Å². The Hall–Kier alpha value is -0.810. The zero-order valence-electron chi connectivity index (χ0n) is 16.4. The number of guanidine groups is 1. The van der Waals surface area contributed by atoms with Crippen LogP contribution in [0.1, 0.15) is 58.3 Å². The van der Waals surface area contributed by atoms with Crippen molar-refractivity contribution in [3.05, 3.63) is 0 Å². The SMILES string of the molecule is CCNC(=NCCCCCCCN(C)C)NCCN1CCCCC1. The maximum atomic E-state index is 4.71. The number of hydrogen-bond donors (Lipinski definition) is 2. The van der Waals surface area contributed by atoms with E-state index < -0.39 is 0 Å². The van der Waals surface area contributed by atoms with E-state index in [4.69, 9.17) is 4.99 Å². The molecule has 0 aromatic heterocycles. The van der Waals surface area contributed by atoms with Gasteiger partial charge in [-0.3, -0.25) is 4.99 Å². The van der Waals surface area contributed by atoms with Crippen LogP contribution in [0.3, 0.4) is 0 Å². The van der Waals surface area contributed by atoms with Crippen molar-refractivity contribution in [3.63, 3.8) is 0 Å². The van der Waals surface area contributed by atoms with Crippen molar-refractivity contribution >= 4 is 5.96 Å². The molecule has 1 saturated heterocycles. The molecular formula is C19H41N5. The highest BCUT2D eigenvalue weighted by molar-refractivity contribution is 5.79. The standard InChI is InChI=1S/C19H41N5/c1-4-20-19(22-14-18-24-16-11-8-12-17-24)21-13-9-6-5-7-10-15-23(2)3/h4-18H2,1-3H3,(H2,20,21,22). The second-order valence-electron chi connectivity index (χ2n) is 7.16. The van der Waals surface area contributed by atoms with Crippen molar-refractivity contribution in [3.8, 4) is 0 Å². The van der Waals surface area contributed by atoms with Crippen LogP contribution in [0.15, 0.2) is 4.99 Å². The zero-order valence-corrected chi connectivity index (χ0v) is 16.4. The Kier molecular flexibility index (Phi) is 12.9. The Morgan fingerprint density at radius 3 is 2.38 bits per heavy atom. The minimum absolute atomic E-state index is 0.931. The number of nitrogens with zero attached hydrogens (tertiary/aromatic N) is 3. The van der Waals surface area contributed by atoms with Crippen LogP contribution in [0.4, 0.5) is 0 Å². The van der Waals surface area contributed by atoms with Crippen molar-refractivity contribution < 1.29 is 0 Å². The molecular weight excluding hydrogens is 298 g/mol. The molecule has 0 aliphatic carbocycles. The average molecular weight is 340 g/mol. The van der Waals surface area contributed by atoms with Gasteiger partial charge in [0.05, 0.1) is 0 Å². The van der Waals surface area contributed by atoms with Crippen molar-refractivity contribution in [2.45, 2.75) is 58.3 Å². The summed E-state index contributed by atoms with van der Waals surface area (Å²) < 4.78 is 0. The lowest BCUT2D eigenvalue weighted by molar-refractivity contribution is 0.232. The summed E-state index contributed by atoms with van der Waals surface area (Å²) in [6.45, 7) is 9.88. The van der Waals surface area contributed by atoms with Crippen LogP contribution in [0.5, 0.6) is 0 Å². The second-order valence-corrected chi connectivity index (χ2v) is 7.16. The third-order valence-corrected chi connectivity index (χ3v) is 4.55. The van der Waals surface area contributed by atoms with Gasteiger partial charge in [0.15, 0.2) is 5.96 Å². The van der Waals surface area contributed by atoms with Gasteiger partial charge in [-0.05, 0) is 66.3 Å². The Labute approximate surface area is 150 Å². The van der Waals surface area contributed by atoms with Gasteiger partial charge >= 0.3 is 0 Å². The molecule has 2 N–H and O–H groups in total. The summed E-state index contributed by atoms with van der Waals surface area (Å²) in [5, 5.41) is 6.84. The third-order valence-electron chi connectivity index (χ3n) is 4.55. The summed E-state index contributed by atoms with van der Waals surface area (Å²) in [4.78, 5) is 9.54. The van der Waals surface area contributed by atoms with E-state index in [1.54, 1.807) is 0 Å². The molecule has 5 heteroatoms. The van der Waals surface area contributed by atoms with Crippen LogP contribution in [-0.2, 0) is 0 Å². The molecule has 1 heterocycles. The number of piperidine rings is 1. The monoisotopic (exact) mass is 339 g/mol. The fraction of sp³-hybridized carbons (Fsp3) is 0.947. The fourth-order valence-corrected chi connectivity index (χ4v) is 3.12. The minimum Gasteiger partial charge on any atom is -0.357 e. The van der Waals surface area contributed by atoms with Gasteiger partial charge in [0.1, 0.15) is 0 Å². The first-order valence-corrected chi connectivity index (χ1v) is 10.1. The lowest BCUT2D eigenvalue weighted by Gasteiger charge is -2.26. The Balaban J connectivity index is 2.06. The van der Waals surface area contributed by atoms with Crippen LogP contribution in [0.25, 0.3) is 0 Å². The predicted molar refractivity (Wildman–Crippen MR) is 106 cm³/mol. The van der Waals surface area contributed by atoms with Crippen molar-refractivity contribution in [1.29, 1.82) is 0 Å². The smallest absolute Gasteiger partial charge is 0.191 e. The van der Waals surface area contributed by atoms with E-state index in [9.17, 15) is 0 Å². The van der Waals surface area contributed by atoms with Gasteiger partial charge in [0, 0.05) is 26.2 Å². The number of aliphatic imine (C=N–C) groups is 1. The summed E-state index contributed by atoms with van der Waals surface area (Å²) in [5.41, 5.74) is 0. The van der Waals surface area contributed by atoms with Gasteiger partial charge in [0.2, 0.25) is 0 Å². The quantitative estimate of drug-likeness (QED) is 0.326. The second kappa shape index (κ2) is 14.5. The van der Waals surface area contributed by atoms with Crippen molar-refractivity contribution in [1.82, 2.24) is 20.4 Å². The molecule has 0 bridgehead atoms. The molecule has 0 atom stereocenters. The Morgan fingerprint density at radius 2 is 1.67 bits per heavy atom. The highest BCUT2D eigenvalue weighted by Crippen LogP contribution is 2.07. The Morgan fingerprint density at radius 1 is 0.958 bits per heavy atom. The minimum atomic E-state index is 0.931. The van der Waals surface area contributed by atoms with Gasteiger partial charge in [0.25, 0.3) is 0 Å². The van der Waals surface area contributed by atoms with E-state index in [0.717, 1.165) is 32.1 Å². The molecule has 142 valence electrons. The molecule has 0 saturated carbocycles. The molecule has 0 spiro atoms. The summed E-state index contributed by atoms with van der Waals surface area (Å²) >= 11 is 0. The lowest BCUT2D eigenvalue weighted by Crippen LogP contribution is -2.42. The molecule has 1 aliphatic rings. The van der Waals surface area contributed by atoms with Gasteiger partial charge in [-0.25, -0.2) is 0 Å². The van der Waals surface area contributed by atoms with Gasteiger partial charge in [-0.1, -0.05) is 25.7 Å². The molecule has 0 radical (unpaired) electrons. The number of rotatable bonds is 12. The molecule has 1 fully saturated rings. The van der Waals surface area contributed by atoms with E-state index in [2.05, 4.69) is 41.5 Å². The summed E-state index contributed by atoms with van der Waals surface area (Å²) in [6, 6.07) is 0. The van der Waals surface area contributed by atoms with E-state index in [-0.39, 0.29) is 0 Å². The first-order chi connectivity index (χ1) is 11.7. The van der Waals surface area contributed by atoms with E-state index in [1.165, 1.54) is 71.0 Å². The van der Waals surface area contributed by atoms with Crippen LogP contribution < -0.4 is 10.6 Å². The number of nitrogens with one attached hydrogen (secondary N) is 2.